The Labute approximate surface area is 83.2 Å². The lowest BCUT2D eigenvalue weighted by Gasteiger charge is -2.33. The van der Waals surface area contributed by atoms with Gasteiger partial charge in [0, 0.05) is 19.0 Å². The molecule has 1 amide bonds. The van der Waals surface area contributed by atoms with Gasteiger partial charge in [0.05, 0.1) is 13.0 Å². The molecule has 2 atom stereocenters. The minimum atomic E-state index is -0.178. The first kappa shape index (κ1) is 9.49. The maximum Gasteiger partial charge on any atom is 0.310 e. The van der Waals surface area contributed by atoms with Crippen LogP contribution in [-0.2, 0) is 14.3 Å². The summed E-state index contributed by atoms with van der Waals surface area (Å²) in [6.07, 6.45) is 3.43. The molecular weight excluding hydrogens is 182 g/mol. The molecule has 0 unspecified atom stereocenters. The number of carbonyl (C=O) groups is 2. The van der Waals surface area contributed by atoms with E-state index in [4.69, 9.17) is 4.74 Å². The summed E-state index contributed by atoms with van der Waals surface area (Å²) in [5.41, 5.74) is 0. The number of ether oxygens (including phenoxy) is 1. The molecule has 0 N–H and O–H groups in total. The lowest BCUT2D eigenvalue weighted by Crippen LogP contribution is -2.44. The van der Waals surface area contributed by atoms with Gasteiger partial charge in [0.25, 0.3) is 0 Å². The summed E-state index contributed by atoms with van der Waals surface area (Å²) in [6.45, 7) is 0.566. The minimum Gasteiger partial charge on any atom is -0.469 e. The molecule has 0 aromatic rings. The van der Waals surface area contributed by atoms with Crippen LogP contribution in [0.15, 0.2) is 0 Å². The van der Waals surface area contributed by atoms with Gasteiger partial charge in [0.2, 0.25) is 5.91 Å². The molecule has 2 aliphatic heterocycles. The Morgan fingerprint density at radius 2 is 2.21 bits per heavy atom. The van der Waals surface area contributed by atoms with E-state index in [0.717, 1.165) is 19.3 Å². The van der Waals surface area contributed by atoms with E-state index < -0.39 is 0 Å². The van der Waals surface area contributed by atoms with Crippen molar-refractivity contribution >= 4 is 11.9 Å². The van der Waals surface area contributed by atoms with Gasteiger partial charge in [0.15, 0.2) is 0 Å². The fourth-order valence-corrected chi connectivity index (χ4v) is 2.43. The van der Waals surface area contributed by atoms with Crippen LogP contribution in [0.5, 0.6) is 0 Å². The van der Waals surface area contributed by atoms with Crippen LogP contribution in [0.2, 0.25) is 0 Å². The summed E-state index contributed by atoms with van der Waals surface area (Å²) in [5.74, 6) is -0.0787. The smallest absolute Gasteiger partial charge is 0.310 e. The van der Waals surface area contributed by atoms with Crippen molar-refractivity contribution in [3.05, 3.63) is 0 Å². The Morgan fingerprint density at radius 1 is 1.43 bits per heavy atom. The lowest BCUT2D eigenvalue weighted by molar-refractivity contribution is -0.149. The van der Waals surface area contributed by atoms with Crippen molar-refractivity contribution in [2.75, 3.05) is 13.7 Å². The van der Waals surface area contributed by atoms with Crippen LogP contribution in [0.3, 0.4) is 0 Å². The van der Waals surface area contributed by atoms with E-state index >= 15 is 0 Å². The molecule has 2 fully saturated rings. The van der Waals surface area contributed by atoms with Gasteiger partial charge in [-0.15, -0.1) is 0 Å². The van der Waals surface area contributed by atoms with Crippen molar-refractivity contribution in [1.82, 2.24) is 4.90 Å². The molecular formula is C10H15NO3. The average molecular weight is 197 g/mol. The second-order valence-electron chi connectivity index (χ2n) is 4.04. The van der Waals surface area contributed by atoms with Crippen molar-refractivity contribution in [1.29, 1.82) is 0 Å². The normalized spacial score (nSPS) is 31.5. The average Bonchev–Trinajstić information content (AvgIpc) is 2.59. The molecule has 0 saturated carbocycles. The van der Waals surface area contributed by atoms with Gasteiger partial charge in [-0.05, 0) is 19.3 Å². The molecule has 2 saturated heterocycles. The number of nitrogens with zero attached hydrogens (tertiary/aromatic N) is 1. The van der Waals surface area contributed by atoms with Crippen LogP contribution >= 0.6 is 0 Å². The zero-order valence-electron chi connectivity index (χ0n) is 8.36. The fraction of sp³-hybridized carbons (Fsp3) is 0.800. The van der Waals surface area contributed by atoms with E-state index in [9.17, 15) is 9.59 Å². The van der Waals surface area contributed by atoms with E-state index in [-0.39, 0.29) is 17.8 Å². The standard InChI is InChI=1S/C10H15NO3/c1-14-10(13)7-2-3-8-4-5-9(12)11(8)6-7/h7-8H,2-6H2,1H3/t7-,8-/m1/s1. The van der Waals surface area contributed by atoms with Gasteiger partial charge in [-0.3, -0.25) is 9.59 Å². The second-order valence-corrected chi connectivity index (χ2v) is 4.04. The monoisotopic (exact) mass is 197 g/mol. The van der Waals surface area contributed by atoms with Crippen molar-refractivity contribution in [3.63, 3.8) is 0 Å². The number of rotatable bonds is 1. The quantitative estimate of drug-likeness (QED) is 0.577. The molecule has 0 aliphatic carbocycles. The molecule has 0 aromatic heterocycles. The van der Waals surface area contributed by atoms with E-state index in [1.54, 1.807) is 0 Å². The van der Waals surface area contributed by atoms with Gasteiger partial charge in [-0.25, -0.2) is 0 Å². The zero-order valence-corrected chi connectivity index (χ0v) is 8.36. The summed E-state index contributed by atoms with van der Waals surface area (Å²) in [6, 6.07) is 0.392. The molecule has 2 aliphatic rings. The van der Waals surface area contributed by atoms with Crippen LogP contribution in [0.1, 0.15) is 25.7 Å². The molecule has 4 nitrogen and oxygen atoms in total. The highest BCUT2D eigenvalue weighted by atomic mass is 16.5. The highest BCUT2D eigenvalue weighted by molar-refractivity contribution is 5.80. The molecule has 0 radical (unpaired) electrons. The Hall–Kier alpha value is -1.06. The summed E-state index contributed by atoms with van der Waals surface area (Å²) < 4.78 is 4.70. The van der Waals surface area contributed by atoms with E-state index in [2.05, 4.69) is 0 Å². The number of fused-ring (bicyclic) bond motifs is 1. The summed E-state index contributed by atoms with van der Waals surface area (Å²) in [7, 11) is 1.40. The number of methoxy groups -OCH3 is 1. The van der Waals surface area contributed by atoms with Gasteiger partial charge in [-0.2, -0.15) is 0 Å². The minimum absolute atomic E-state index is 0.0988. The van der Waals surface area contributed by atoms with E-state index in [0.29, 0.717) is 19.0 Å². The van der Waals surface area contributed by atoms with Crippen LogP contribution in [0.4, 0.5) is 0 Å². The Kier molecular flexibility index (Phi) is 2.44. The van der Waals surface area contributed by atoms with Crippen LogP contribution in [-0.4, -0.2) is 36.5 Å². The fourth-order valence-electron chi connectivity index (χ4n) is 2.43. The first-order valence-corrected chi connectivity index (χ1v) is 5.09. The Morgan fingerprint density at radius 3 is 2.93 bits per heavy atom. The Bertz CT molecular complexity index is 264. The molecule has 4 heteroatoms. The third-order valence-corrected chi connectivity index (χ3v) is 3.25. The number of piperidine rings is 1. The lowest BCUT2D eigenvalue weighted by atomic mass is 9.93. The van der Waals surface area contributed by atoms with Crippen LogP contribution in [0, 0.1) is 5.92 Å². The predicted octanol–water partition coefficient (Wildman–Crippen LogP) is 0.560. The van der Waals surface area contributed by atoms with Crippen molar-refractivity contribution in [2.45, 2.75) is 31.7 Å². The van der Waals surface area contributed by atoms with E-state index in [1.165, 1.54) is 7.11 Å². The van der Waals surface area contributed by atoms with Crippen molar-refractivity contribution < 1.29 is 14.3 Å². The molecule has 2 heterocycles. The van der Waals surface area contributed by atoms with Gasteiger partial charge < -0.3 is 9.64 Å². The first-order chi connectivity index (χ1) is 6.72. The maximum absolute atomic E-state index is 11.4. The van der Waals surface area contributed by atoms with Crippen molar-refractivity contribution in [2.24, 2.45) is 5.92 Å². The number of esters is 1. The molecule has 0 spiro atoms. The number of amides is 1. The van der Waals surface area contributed by atoms with Gasteiger partial charge in [0.1, 0.15) is 0 Å². The maximum atomic E-state index is 11.4. The molecule has 0 aromatic carbocycles. The highest BCUT2D eigenvalue weighted by Gasteiger charge is 2.38. The summed E-state index contributed by atoms with van der Waals surface area (Å²) in [4.78, 5) is 24.6. The summed E-state index contributed by atoms with van der Waals surface area (Å²) >= 11 is 0. The number of hydrogen-bond acceptors (Lipinski definition) is 3. The topological polar surface area (TPSA) is 46.6 Å². The molecule has 14 heavy (non-hydrogen) atoms. The SMILES string of the molecule is COC(=O)[C@@H]1CC[C@@H]2CCC(=O)N2C1. The van der Waals surface area contributed by atoms with Crippen LogP contribution < -0.4 is 0 Å². The van der Waals surface area contributed by atoms with Crippen LogP contribution in [0.25, 0.3) is 0 Å². The molecule has 0 bridgehead atoms. The number of hydrogen-bond donors (Lipinski definition) is 0. The third kappa shape index (κ3) is 1.49. The third-order valence-electron chi connectivity index (χ3n) is 3.25. The predicted molar refractivity (Wildman–Crippen MR) is 49.5 cm³/mol. The molecule has 2 rings (SSSR count). The van der Waals surface area contributed by atoms with Gasteiger partial charge in [-0.1, -0.05) is 0 Å². The summed E-state index contributed by atoms with van der Waals surface area (Å²) in [5, 5.41) is 0. The second kappa shape index (κ2) is 3.59. The largest absolute Gasteiger partial charge is 0.469 e. The molecule has 78 valence electrons. The zero-order chi connectivity index (χ0) is 10.1. The van der Waals surface area contributed by atoms with Gasteiger partial charge >= 0.3 is 5.97 Å². The highest BCUT2D eigenvalue weighted by Crippen LogP contribution is 2.30. The first-order valence-electron chi connectivity index (χ1n) is 5.09. The van der Waals surface area contributed by atoms with E-state index in [1.807, 2.05) is 4.90 Å². The number of carbonyl (C=O) groups excluding carboxylic acids is 2. The Balaban J connectivity index is 2.01. The van der Waals surface area contributed by atoms with Crippen molar-refractivity contribution in [3.8, 4) is 0 Å².